The van der Waals surface area contributed by atoms with E-state index in [0.717, 1.165) is 13.8 Å². The molecule has 16 heteroatoms. The number of hydrogen-bond donors (Lipinski definition) is 1. The number of carbonyl (C=O) groups is 6. The Labute approximate surface area is 312 Å². The van der Waals surface area contributed by atoms with Gasteiger partial charge in [-0.15, -0.1) is 0 Å². The average molecular weight is 758 g/mol. The molecule has 1 spiro atoms. The van der Waals surface area contributed by atoms with Gasteiger partial charge in [0.1, 0.15) is 30.3 Å². The fraction of sp³-hybridized carbons (Fsp3) is 0.605. The lowest BCUT2D eigenvalue weighted by atomic mass is 9.45. The Morgan fingerprint density at radius 2 is 1.48 bits per heavy atom. The molecule has 0 amide bonds. The third kappa shape index (κ3) is 6.85. The summed E-state index contributed by atoms with van der Waals surface area (Å²) in [7, 11) is 0. The van der Waals surface area contributed by atoms with Crippen LogP contribution < -0.4 is 0 Å². The van der Waals surface area contributed by atoms with Gasteiger partial charge < -0.3 is 42.7 Å². The molecule has 3 aliphatic rings. The second kappa shape index (κ2) is 14.8. The number of carbonyl (C=O) groups excluding carboxylic acids is 6. The molecule has 2 saturated carbocycles. The Balaban J connectivity index is 1.90. The summed E-state index contributed by atoms with van der Waals surface area (Å²) in [6, 6.07) is 5.68. The van der Waals surface area contributed by atoms with Gasteiger partial charge in [0.25, 0.3) is 0 Å². The van der Waals surface area contributed by atoms with Gasteiger partial charge in [-0.3, -0.25) is 24.2 Å². The van der Waals surface area contributed by atoms with Crippen molar-refractivity contribution in [3.63, 3.8) is 0 Å². The number of aliphatic hydroxyl groups is 1. The smallest absolute Gasteiger partial charge is 0.374 e. The van der Waals surface area contributed by atoms with Crippen LogP contribution in [-0.4, -0.2) is 99.8 Å². The highest BCUT2D eigenvalue weighted by atomic mass is 16.7. The lowest BCUT2D eigenvalue weighted by molar-refractivity contribution is -0.362. The molecule has 2 aromatic heterocycles. The van der Waals surface area contributed by atoms with Crippen molar-refractivity contribution in [2.45, 2.75) is 116 Å². The maximum atomic E-state index is 14.2. The highest BCUT2D eigenvalue weighted by molar-refractivity contribution is 5.89. The molecule has 5 rings (SSSR count). The fourth-order valence-corrected chi connectivity index (χ4v) is 8.31. The van der Waals surface area contributed by atoms with E-state index in [1.807, 2.05) is 0 Å². The molecule has 54 heavy (non-hydrogen) atoms. The van der Waals surface area contributed by atoms with Crippen LogP contribution in [0.15, 0.2) is 47.3 Å². The first-order valence-electron chi connectivity index (χ1n) is 17.7. The van der Waals surface area contributed by atoms with E-state index in [1.165, 1.54) is 49.8 Å². The largest absolute Gasteiger partial charge is 0.464 e. The monoisotopic (exact) mass is 757 g/mol. The molecule has 1 saturated heterocycles. The fourth-order valence-electron chi connectivity index (χ4n) is 8.31. The molecular formula is C38H47NO15. The van der Waals surface area contributed by atoms with Crippen LogP contribution in [-0.2, 0) is 52.3 Å². The van der Waals surface area contributed by atoms with E-state index in [4.69, 9.17) is 37.6 Å². The zero-order valence-electron chi connectivity index (χ0n) is 31.7. The zero-order valence-corrected chi connectivity index (χ0v) is 31.7. The van der Waals surface area contributed by atoms with Crippen molar-refractivity contribution in [2.24, 2.45) is 23.2 Å². The van der Waals surface area contributed by atoms with Crippen molar-refractivity contribution in [3.05, 3.63) is 54.2 Å². The molecule has 9 atom stereocenters. The minimum Gasteiger partial charge on any atom is -0.464 e. The summed E-state index contributed by atoms with van der Waals surface area (Å²) in [5.74, 6) is -8.18. The number of ether oxygens (including phenoxy) is 7. The average Bonchev–Trinajstić information content (AvgIpc) is 3.69. The molecule has 2 aliphatic carbocycles. The van der Waals surface area contributed by atoms with E-state index in [-0.39, 0.29) is 11.3 Å². The van der Waals surface area contributed by atoms with E-state index >= 15 is 0 Å². The van der Waals surface area contributed by atoms with Crippen LogP contribution in [0.2, 0.25) is 0 Å². The van der Waals surface area contributed by atoms with Gasteiger partial charge in [-0.1, -0.05) is 27.7 Å². The summed E-state index contributed by atoms with van der Waals surface area (Å²) in [6.07, 6.45) is -5.00. The van der Waals surface area contributed by atoms with E-state index in [9.17, 15) is 33.9 Å². The Bertz CT molecular complexity index is 1750. The van der Waals surface area contributed by atoms with E-state index in [2.05, 4.69) is 4.98 Å². The summed E-state index contributed by atoms with van der Waals surface area (Å²) in [5.41, 5.74) is -8.45. The summed E-state index contributed by atoms with van der Waals surface area (Å²) in [5, 5.41) is 12.9. The quantitative estimate of drug-likeness (QED) is 0.257. The van der Waals surface area contributed by atoms with Crippen LogP contribution in [0.4, 0.5) is 0 Å². The number of esters is 6. The second-order valence-electron chi connectivity index (χ2n) is 15.4. The standard InChI is InChI=1S/C38H47NO15/c1-19(2)31(42)48-18-37-28(49-21(5)40)25(51-34(45)24-13-11-15-47-24)16-36(9,46)38(37)29(50-22(6)41)26(35(7,8)54-38)27(52-32(43)20(3)4)30(37)53-33(44)23-12-10-14-39-17-23/h10-15,17,19-20,25-30,46H,16,18H2,1-9H3/t25-,26-,27+,28-,29+,30-,36-,37-,38-/m0/s1. The van der Waals surface area contributed by atoms with Gasteiger partial charge in [0.05, 0.1) is 40.8 Å². The first kappa shape index (κ1) is 40.4. The van der Waals surface area contributed by atoms with Gasteiger partial charge in [0.2, 0.25) is 5.76 Å². The number of rotatable bonds is 11. The van der Waals surface area contributed by atoms with Gasteiger partial charge in [-0.05, 0) is 45.0 Å². The third-order valence-electron chi connectivity index (χ3n) is 10.4. The number of hydrogen-bond acceptors (Lipinski definition) is 16. The molecule has 3 heterocycles. The molecule has 294 valence electrons. The highest BCUT2D eigenvalue weighted by Crippen LogP contribution is 2.69. The number of furan rings is 1. The van der Waals surface area contributed by atoms with E-state index in [1.54, 1.807) is 41.5 Å². The minimum atomic E-state index is -2.37. The summed E-state index contributed by atoms with van der Waals surface area (Å²) < 4.78 is 48.8. The molecular weight excluding hydrogens is 710 g/mol. The van der Waals surface area contributed by atoms with Crippen LogP contribution >= 0.6 is 0 Å². The van der Waals surface area contributed by atoms with E-state index < -0.39 is 119 Å². The van der Waals surface area contributed by atoms with Crippen molar-refractivity contribution >= 4 is 35.8 Å². The molecule has 3 fully saturated rings. The first-order valence-corrected chi connectivity index (χ1v) is 17.7. The normalized spacial score (nSPS) is 32.2. The molecule has 1 N–H and O–H groups in total. The van der Waals surface area contributed by atoms with Crippen molar-refractivity contribution in [1.29, 1.82) is 0 Å². The summed E-state index contributed by atoms with van der Waals surface area (Å²) >= 11 is 0. The maximum Gasteiger partial charge on any atom is 0.374 e. The van der Waals surface area contributed by atoms with Gasteiger partial charge in [-0.2, -0.15) is 0 Å². The van der Waals surface area contributed by atoms with Gasteiger partial charge in [0, 0.05) is 32.7 Å². The molecule has 16 nitrogen and oxygen atoms in total. The second-order valence-corrected chi connectivity index (χ2v) is 15.4. The Kier molecular flexibility index (Phi) is 11.0. The van der Waals surface area contributed by atoms with Crippen molar-refractivity contribution in [3.8, 4) is 0 Å². The van der Waals surface area contributed by atoms with Crippen LogP contribution in [0.1, 0.15) is 89.6 Å². The lowest BCUT2D eigenvalue weighted by Crippen LogP contribution is -2.85. The van der Waals surface area contributed by atoms with Crippen LogP contribution in [0, 0.1) is 23.2 Å². The molecule has 0 radical (unpaired) electrons. The van der Waals surface area contributed by atoms with Gasteiger partial charge in [-0.25, -0.2) is 9.59 Å². The van der Waals surface area contributed by atoms with Crippen molar-refractivity contribution in [1.82, 2.24) is 4.98 Å². The molecule has 0 aromatic carbocycles. The van der Waals surface area contributed by atoms with Crippen LogP contribution in [0.5, 0.6) is 0 Å². The first-order chi connectivity index (χ1) is 25.2. The topological polar surface area (TPSA) is 213 Å². The molecule has 2 bridgehead atoms. The number of nitrogens with zero attached hydrogens (tertiary/aromatic N) is 1. The zero-order chi connectivity index (χ0) is 40.0. The third-order valence-corrected chi connectivity index (χ3v) is 10.4. The van der Waals surface area contributed by atoms with Crippen LogP contribution in [0.25, 0.3) is 0 Å². The minimum absolute atomic E-state index is 0.0446. The summed E-state index contributed by atoms with van der Waals surface area (Å²) in [4.78, 5) is 85.1. The van der Waals surface area contributed by atoms with Crippen LogP contribution in [0.3, 0.4) is 0 Å². The predicted molar refractivity (Wildman–Crippen MR) is 182 cm³/mol. The van der Waals surface area contributed by atoms with Gasteiger partial charge >= 0.3 is 35.8 Å². The Morgan fingerprint density at radius 1 is 0.833 bits per heavy atom. The number of fused-ring (bicyclic) bond motifs is 1. The lowest BCUT2D eigenvalue weighted by Gasteiger charge is -2.66. The Morgan fingerprint density at radius 3 is 2.04 bits per heavy atom. The summed E-state index contributed by atoms with van der Waals surface area (Å²) in [6.45, 7) is 12.1. The maximum absolute atomic E-state index is 14.2. The number of aromatic nitrogens is 1. The molecule has 1 aliphatic heterocycles. The molecule has 0 unspecified atom stereocenters. The number of pyridine rings is 1. The molecule has 2 aromatic rings. The SMILES string of the molecule is CC(=O)O[C@@H]1[C@@H]2[C@@H](OC(=O)C(C)C)[C@H](OC(=O)c3cccnc3)[C@]3(COC(=O)C(C)C)[C@@H](OC(C)=O)[C@@H](OC(=O)c4ccco4)C[C@](C)(O)[C@@]13OC2(C)C. The van der Waals surface area contributed by atoms with Gasteiger partial charge in [0.15, 0.2) is 17.8 Å². The van der Waals surface area contributed by atoms with Crippen molar-refractivity contribution in [2.75, 3.05) is 6.61 Å². The van der Waals surface area contributed by atoms with Crippen molar-refractivity contribution < 1.29 is 71.4 Å². The predicted octanol–water partition coefficient (Wildman–Crippen LogP) is 3.37. The van der Waals surface area contributed by atoms with E-state index in [0.29, 0.717) is 0 Å². The highest BCUT2D eigenvalue weighted by Gasteiger charge is 2.89. The Hall–Kier alpha value is -4.83.